The third-order valence-electron chi connectivity index (χ3n) is 4.99. The Morgan fingerprint density at radius 3 is 2.47 bits per heavy atom. The minimum absolute atomic E-state index is 0.0656. The topological polar surface area (TPSA) is 120 Å². The number of nitrogens with one attached hydrogen (secondary N) is 2. The average molecular weight is 462 g/mol. The maximum atomic E-state index is 12.8. The van der Waals surface area contributed by atoms with Crippen LogP contribution in [0.1, 0.15) is 55.4 Å². The summed E-state index contributed by atoms with van der Waals surface area (Å²) in [6, 6.07) is 5.46. The fourth-order valence-corrected chi connectivity index (χ4v) is 5.29. The predicted octanol–water partition coefficient (Wildman–Crippen LogP) is 4.01. The lowest BCUT2D eigenvalue weighted by Crippen LogP contribution is -2.55. The number of nitro groups is 1. The van der Waals surface area contributed by atoms with E-state index in [0.717, 1.165) is 10.4 Å². The minimum Gasteiger partial charge on any atom is -0.484 e. The molecule has 0 aliphatic carbocycles. The maximum Gasteiger partial charge on any atom is 0.341 e. The summed E-state index contributed by atoms with van der Waals surface area (Å²) in [4.78, 5) is 36.6. The number of nitrogens with zero attached hydrogens (tertiary/aromatic N) is 1. The number of amides is 1. The molecular formula is C22H27N3O6S. The summed E-state index contributed by atoms with van der Waals surface area (Å²) < 4.78 is 10.7. The van der Waals surface area contributed by atoms with Gasteiger partial charge in [0.1, 0.15) is 10.8 Å². The lowest BCUT2D eigenvalue weighted by Gasteiger charge is -2.42. The van der Waals surface area contributed by atoms with Crippen molar-refractivity contribution in [1.29, 1.82) is 0 Å². The molecule has 1 aliphatic heterocycles. The van der Waals surface area contributed by atoms with Crippen molar-refractivity contribution in [2.24, 2.45) is 0 Å². The number of hydrogen-bond donors (Lipinski definition) is 2. The molecule has 1 aromatic carbocycles. The quantitative estimate of drug-likeness (QED) is 0.363. The lowest BCUT2D eigenvalue weighted by atomic mass is 9.81. The standard InChI is InChI=1S/C22H27N3O6S/c1-6-30-20(27)17-15-11-21(2,3)24-22(4,5)18(15)32-19(17)23-16(26)12-31-14-9-7-13(8-10-14)25(28)29/h7-10,24H,6,11-12H2,1-5H3,(H,23,26). The predicted molar refractivity (Wildman–Crippen MR) is 121 cm³/mol. The largest absolute Gasteiger partial charge is 0.484 e. The first kappa shape index (κ1) is 23.7. The van der Waals surface area contributed by atoms with Crippen molar-refractivity contribution >= 4 is 33.9 Å². The minimum atomic E-state index is -0.510. The van der Waals surface area contributed by atoms with E-state index in [1.807, 2.05) is 13.8 Å². The van der Waals surface area contributed by atoms with E-state index in [1.54, 1.807) is 6.92 Å². The molecule has 0 saturated heterocycles. The Balaban J connectivity index is 1.82. The second-order valence-electron chi connectivity index (χ2n) is 8.73. The molecule has 172 valence electrons. The zero-order valence-electron chi connectivity index (χ0n) is 18.7. The number of rotatable bonds is 7. The van der Waals surface area contributed by atoms with Crippen LogP contribution < -0.4 is 15.4 Å². The highest BCUT2D eigenvalue weighted by Gasteiger charge is 2.42. The Morgan fingerprint density at radius 1 is 1.22 bits per heavy atom. The second-order valence-corrected chi connectivity index (χ2v) is 9.75. The van der Waals surface area contributed by atoms with Crippen molar-refractivity contribution < 1.29 is 24.0 Å². The van der Waals surface area contributed by atoms with Gasteiger partial charge in [-0.25, -0.2) is 4.79 Å². The number of carbonyl (C=O) groups is 2. The third-order valence-corrected chi connectivity index (χ3v) is 6.47. The number of thiophene rings is 1. The Hall–Kier alpha value is -2.98. The van der Waals surface area contributed by atoms with Gasteiger partial charge >= 0.3 is 5.97 Å². The number of anilines is 1. The van der Waals surface area contributed by atoms with E-state index in [1.165, 1.54) is 35.6 Å². The summed E-state index contributed by atoms with van der Waals surface area (Å²) in [7, 11) is 0. The van der Waals surface area contributed by atoms with Crippen molar-refractivity contribution in [2.45, 2.75) is 52.1 Å². The van der Waals surface area contributed by atoms with Crippen LogP contribution in [0.25, 0.3) is 0 Å². The smallest absolute Gasteiger partial charge is 0.341 e. The van der Waals surface area contributed by atoms with Crippen LogP contribution >= 0.6 is 11.3 Å². The van der Waals surface area contributed by atoms with Gasteiger partial charge in [0.05, 0.1) is 17.1 Å². The van der Waals surface area contributed by atoms with Crippen LogP contribution in [0.2, 0.25) is 0 Å². The van der Waals surface area contributed by atoms with Crippen molar-refractivity contribution in [2.75, 3.05) is 18.5 Å². The van der Waals surface area contributed by atoms with Crippen molar-refractivity contribution in [1.82, 2.24) is 5.32 Å². The van der Waals surface area contributed by atoms with Gasteiger partial charge in [-0.15, -0.1) is 11.3 Å². The molecule has 10 heteroatoms. The molecule has 1 aliphatic rings. The van der Waals surface area contributed by atoms with Gasteiger partial charge < -0.3 is 20.1 Å². The molecular weight excluding hydrogens is 434 g/mol. The molecule has 0 bridgehead atoms. The number of hydrogen-bond acceptors (Lipinski definition) is 8. The van der Waals surface area contributed by atoms with Crippen molar-refractivity contribution in [3.05, 3.63) is 50.4 Å². The SMILES string of the molecule is CCOC(=O)c1c(NC(=O)COc2ccc([N+](=O)[O-])cc2)sc2c1CC(C)(C)NC2(C)C. The summed E-state index contributed by atoms with van der Waals surface area (Å²) >= 11 is 1.35. The number of benzene rings is 1. The summed E-state index contributed by atoms with van der Waals surface area (Å²) in [5.74, 6) is -0.587. The Labute approximate surface area is 190 Å². The molecule has 0 radical (unpaired) electrons. The van der Waals surface area contributed by atoms with Gasteiger partial charge in [-0.05, 0) is 58.7 Å². The van der Waals surface area contributed by atoms with Gasteiger partial charge in [-0.1, -0.05) is 0 Å². The zero-order valence-corrected chi connectivity index (χ0v) is 19.6. The highest BCUT2D eigenvalue weighted by atomic mass is 32.1. The Bertz CT molecular complexity index is 1040. The number of carbonyl (C=O) groups excluding carboxylic acids is 2. The number of esters is 1. The average Bonchev–Trinajstić information content (AvgIpc) is 3.03. The van der Waals surface area contributed by atoms with Crippen LogP contribution in [0, 0.1) is 10.1 Å². The van der Waals surface area contributed by atoms with E-state index >= 15 is 0 Å². The fourth-order valence-electron chi connectivity index (χ4n) is 4.01. The zero-order chi connectivity index (χ0) is 23.7. The number of nitro benzene ring substituents is 1. The fraction of sp³-hybridized carbons (Fsp3) is 0.455. The molecule has 32 heavy (non-hydrogen) atoms. The van der Waals surface area contributed by atoms with Crippen molar-refractivity contribution in [3.63, 3.8) is 0 Å². The van der Waals surface area contributed by atoms with Crippen LogP contribution in [0.15, 0.2) is 24.3 Å². The molecule has 9 nitrogen and oxygen atoms in total. The van der Waals surface area contributed by atoms with E-state index in [0.29, 0.717) is 22.7 Å². The monoisotopic (exact) mass is 461 g/mol. The van der Waals surface area contributed by atoms with E-state index in [9.17, 15) is 19.7 Å². The third kappa shape index (κ3) is 5.08. The van der Waals surface area contributed by atoms with Crippen LogP contribution in [-0.4, -0.2) is 35.6 Å². The molecule has 1 aromatic heterocycles. The summed E-state index contributed by atoms with van der Waals surface area (Å²) in [5.41, 5.74) is 0.580. The molecule has 0 atom stereocenters. The highest BCUT2D eigenvalue weighted by molar-refractivity contribution is 7.17. The number of ether oxygens (including phenoxy) is 2. The molecule has 0 fully saturated rings. The van der Waals surface area contributed by atoms with Gasteiger partial charge in [-0.2, -0.15) is 0 Å². The maximum absolute atomic E-state index is 12.8. The summed E-state index contributed by atoms with van der Waals surface area (Å²) in [6.45, 7) is 9.88. The summed E-state index contributed by atoms with van der Waals surface area (Å²) in [6.07, 6.45) is 0.617. The second kappa shape index (κ2) is 8.87. The Morgan fingerprint density at radius 2 is 1.88 bits per heavy atom. The molecule has 3 rings (SSSR count). The first-order valence-corrected chi connectivity index (χ1v) is 11.0. The van der Waals surface area contributed by atoms with Crippen LogP contribution in [0.4, 0.5) is 10.7 Å². The lowest BCUT2D eigenvalue weighted by molar-refractivity contribution is -0.384. The number of non-ortho nitro benzene ring substituents is 1. The number of fused-ring (bicyclic) bond motifs is 1. The van der Waals surface area contributed by atoms with Crippen molar-refractivity contribution in [3.8, 4) is 5.75 Å². The van der Waals surface area contributed by atoms with E-state index in [4.69, 9.17) is 9.47 Å². The van der Waals surface area contributed by atoms with Crippen LogP contribution in [0.3, 0.4) is 0 Å². The highest BCUT2D eigenvalue weighted by Crippen LogP contribution is 2.45. The van der Waals surface area contributed by atoms with E-state index in [-0.39, 0.29) is 30.0 Å². The molecule has 0 saturated carbocycles. The van der Waals surface area contributed by atoms with Crippen LogP contribution in [-0.2, 0) is 21.5 Å². The van der Waals surface area contributed by atoms with E-state index in [2.05, 4.69) is 24.5 Å². The van der Waals surface area contributed by atoms with Gasteiger partial charge in [0.2, 0.25) is 0 Å². The van der Waals surface area contributed by atoms with Gasteiger partial charge in [-0.3, -0.25) is 14.9 Å². The molecule has 2 aromatic rings. The molecule has 0 spiro atoms. The van der Waals surface area contributed by atoms with Crippen LogP contribution in [0.5, 0.6) is 5.75 Å². The first-order chi connectivity index (χ1) is 14.9. The molecule has 1 amide bonds. The summed E-state index contributed by atoms with van der Waals surface area (Å²) in [5, 5.41) is 17.5. The molecule has 0 unspecified atom stereocenters. The van der Waals surface area contributed by atoms with E-state index < -0.39 is 16.8 Å². The Kier molecular flexibility index (Phi) is 6.56. The van der Waals surface area contributed by atoms with Gasteiger partial charge in [0, 0.05) is 28.1 Å². The van der Waals surface area contributed by atoms with Gasteiger partial charge in [0.15, 0.2) is 6.61 Å². The van der Waals surface area contributed by atoms with Gasteiger partial charge in [0.25, 0.3) is 11.6 Å². The first-order valence-electron chi connectivity index (χ1n) is 10.2. The normalized spacial score (nSPS) is 16.0. The molecule has 2 heterocycles. The molecule has 2 N–H and O–H groups in total.